The van der Waals surface area contributed by atoms with Crippen LogP contribution in [0.2, 0.25) is 0 Å². The van der Waals surface area contributed by atoms with E-state index in [9.17, 15) is 0 Å². The normalized spacial score (nSPS) is 32.3. The van der Waals surface area contributed by atoms with Gasteiger partial charge in [-0.05, 0) is 37.1 Å². The van der Waals surface area contributed by atoms with E-state index in [-0.39, 0.29) is 0 Å². The van der Waals surface area contributed by atoms with Crippen molar-refractivity contribution in [3.8, 4) is 0 Å². The van der Waals surface area contributed by atoms with E-state index >= 15 is 0 Å². The zero-order chi connectivity index (χ0) is 11.8. The van der Waals surface area contributed by atoms with Gasteiger partial charge in [-0.1, -0.05) is 20.3 Å². The molecule has 17 heavy (non-hydrogen) atoms. The number of fused-ring (bicyclic) bond motifs is 1. The first kappa shape index (κ1) is 11.2. The molecule has 1 aliphatic heterocycles. The zero-order valence-corrected chi connectivity index (χ0v) is 10.8. The molecule has 2 fully saturated rings. The van der Waals surface area contributed by atoms with Gasteiger partial charge in [-0.25, -0.2) is 0 Å². The molecule has 4 nitrogen and oxygen atoms in total. The lowest BCUT2D eigenvalue weighted by atomic mass is 9.93. The second-order valence-electron chi connectivity index (χ2n) is 5.98. The molecule has 2 aliphatic rings. The maximum atomic E-state index is 4.36. The Labute approximate surface area is 103 Å². The van der Waals surface area contributed by atoms with E-state index in [1.807, 2.05) is 6.33 Å². The molecule has 1 saturated heterocycles. The van der Waals surface area contributed by atoms with Crippen molar-refractivity contribution in [1.29, 1.82) is 0 Å². The highest BCUT2D eigenvalue weighted by Crippen LogP contribution is 2.43. The fourth-order valence-electron chi connectivity index (χ4n) is 3.51. The highest BCUT2D eigenvalue weighted by Gasteiger charge is 2.41. The summed E-state index contributed by atoms with van der Waals surface area (Å²) in [5, 5.41) is 12.1. The number of nitrogens with zero attached hydrogens (tertiary/aromatic N) is 3. The van der Waals surface area contributed by atoms with Gasteiger partial charge in [0.25, 0.3) is 0 Å². The van der Waals surface area contributed by atoms with Gasteiger partial charge in [-0.15, -0.1) is 10.2 Å². The molecule has 1 saturated carbocycles. The van der Waals surface area contributed by atoms with Crippen LogP contribution in [0.3, 0.4) is 0 Å². The molecular formula is C13H22N4. The van der Waals surface area contributed by atoms with Crippen LogP contribution in [0.15, 0.2) is 6.33 Å². The van der Waals surface area contributed by atoms with E-state index in [1.165, 1.54) is 25.8 Å². The van der Waals surface area contributed by atoms with E-state index in [0.29, 0.717) is 12.0 Å². The summed E-state index contributed by atoms with van der Waals surface area (Å²) >= 11 is 0. The number of hydrogen-bond donors (Lipinski definition) is 1. The predicted octanol–water partition coefficient (Wildman–Crippen LogP) is 1.99. The highest BCUT2D eigenvalue weighted by molar-refractivity contribution is 5.05. The third-order valence-electron chi connectivity index (χ3n) is 4.23. The van der Waals surface area contributed by atoms with Crippen LogP contribution in [-0.2, 0) is 6.54 Å². The lowest BCUT2D eigenvalue weighted by Gasteiger charge is -2.19. The van der Waals surface area contributed by atoms with Crippen LogP contribution in [0.1, 0.15) is 45.0 Å². The van der Waals surface area contributed by atoms with Gasteiger partial charge in [-0.2, -0.15) is 0 Å². The Hall–Kier alpha value is -0.900. The monoisotopic (exact) mass is 234 g/mol. The van der Waals surface area contributed by atoms with Crippen LogP contribution in [0.5, 0.6) is 0 Å². The lowest BCUT2D eigenvalue weighted by molar-refractivity contribution is 0.385. The molecule has 4 heteroatoms. The zero-order valence-electron chi connectivity index (χ0n) is 10.8. The Balaban J connectivity index is 1.81. The van der Waals surface area contributed by atoms with Gasteiger partial charge in [0.05, 0.1) is 6.04 Å². The van der Waals surface area contributed by atoms with E-state index in [0.717, 1.165) is 24.2 Å². The lowest BCUT2D eigenvalue weighted by Crippen LogP contribution is -2.23. The second kappa shape index (κ2) is 4.41. The van der Waals surface area contributed by atoms with Gasteiger partial charge in [0.15, 0.2) is 0 Å². The van der Waals surface area contributed by atoms with Gasteiger partial charge in [0.2, 0.25) is 0 Å². The van der Waals surface area contributed by atoms with E-state index in [2.05, 4.69) is 33.9 Å². The largest absolute Gasteiger partial charge is 0.316 e. The molecule has 0 radical (unpaired) electrons. The molecule has 0 amide bonds. The average molecular weight is 234 g/mol. The number of nitrogens with one attached hydrogen (secondary N) is 1. The van der Waals surface area contributed by atoms with Crippen LogP contribution in [0.4, 0.5) is 0 Å². The number of aromatic nitrogens is 3. The first-order chi connectivity index (χ1) is 8.25. The third-order valence-corrected chi connectivity index (χ3v) is 4.23. The summed E-state index contributed by atoms with van der Waals surface area (Å²) in [6.07, 6.45) is 6.04. The quantitative estimate of drug-likeness (QED) is 0.869. The minimum absolute atomic E-state index is 0.448. The molecule has 3 rings (SSSR count). The van der Waals surface area contributed by atoms with Crippen LogP contribution in [0.25, 0.3) is 0 Å². The third kappa shape index (κ3) is 1.99. The summed E-state index contributed by atoms with van der Waals surface area (Å²) in [6.45, 7) is 6.68. The van der Waals surface area contributed by atoms with Gasteiger partial charge in [-0.3, -0.25) is 0 Å². The first-order valence-corrected chi connectivity index (χ1v) is 6.87. The molecule has 2 heterocycles. The highest BCUT2D eigenvalue weighted by atomic mass is 15.3. The summed E-state index contributed by atoms with van der Waals surface area (Å²) in [6, 6.07) is 0.448. The number of rotatable bonds is 3. The molecule has 1 aliphatic carbocycles. The topological polar surface area (TPSA) is 42.7 Å². The summed E-state index contributed by atoms with van der Waals surface area (Å²) in [7, 11) is 0. The smallest absolute Gasteiger partial charge is 0.150 e. The van der Waals surface area contributed by atoms with Crippen molar-refractivity contribution in [3.05, 3.63) is 12.2 Å². The van der Waals surface area contributed by atoms with Crippen LogP contribution in [-0.4, -0.2) is 21.3 Å². The van der Waals surface area contributed by atoms with Gasteiger partial charge < -0.3 is 9.88 Å². The van der Waals surface area contributed by atoms with Gasteiger partial charge in [0, 0.05) is 6.54 Å². The van der Waals surface area contributed by atoms with Crippen molar-refractivity contribution in [3.63, 3.8) is 0 Å². The van der Waals surface area contributed by atoms with Gasteiger partial charge >= 0.3 is 0 Å². The molecule has 1 N–H and O–H groups in total. The predicted molar refractivity (Wildman–Crippen MR) is 66.4 cm³/mol. The van der Waals surface area contributed by atoms with Crippen LogP contribution >= 0.6 is 0 Å². The minimum atomic E-state index is 0.448. The van der Waals surface area contributed by atoms with E-state index < -0.39 is 0 Å². The SMILES string of the molecule is CC(C)Cn1cnnc1C1NCC2CCCC21. The van der Waals surface area contributed by atoms with E-state index in [4.69, 9.17) is 0 Å². The molecule has 1 aromatic heterocycles. The molecule has 3 atom stereocenters. The first-order valence-electron chi connectivity index (χ1n) is 6.87. The molecule has 0 aromatic carbocycles. The molecule has 0 spiro atoms. The molecule has 0 bridgehead atoms. The van der Waals surface area contributed by atoms with Crippen molar-refractivity contribution in [2.75, 3.05) is 6.54 Å². The number of hydrogen-bond acceptors (Lipinski definition) is 3. The fourth-order valence-corrected chi connectivity index (χ4v) is 3.51. The summed E-state index contributed by atoms with van der Waals surface area (Å²) in [5.41, 5.74) is 0. The summed E-state index contributed by atoms with van der Waals surface area (Å²) in [4.78, 5) is 0. The maximum Gasteiger partial charge on any atom is 0.150 e. The Morgan fingerprint density at radius 1 is 1.47 bits per heavy atom. The van der Waals surface area contributed by atoms with Crippen LogP contribution < -0.4 is 5.32 Å². The van der Waals surface area contributed by atoms with E-state index in [1.54, 1.807) is 0 Å². The summed E-state index contributed by atoms with van der Waals surface area (Å²) < 4.78 is 2.24. The molecule has 1 aromatic rings. The van der Waals surface area contributed by atoms with Crippen molar-refractivity contribution in [2.45, 2.75) is 45.7 Å². The Morgan fingerprint density at radius 2 is 2.35 bits per heavy atom. The minimum Gasteiger partial charge on any atom is -0.316 e. The fraction of sp³-hybridized carbons (Fsp3) is 0.846. The molecule has 3 unspecified atom stereocenters. The van der Waals surface area contributed by atoms with Gasteiger partial charge in [0.1, 0.15) is 12.2 Å². The van der Waals surface area contributed by atoms with Crippen molar-refractivity contribution >= 4 is 0 Å². The standard InChI is InChI=1S/C13H22N4/c1-9(2)7-17-8-15-16-13(17)12-11-5-3-4-10(11)6-14-12/h8-12,14H,3-7H2,1-2H3. The maximum absolute atomic E-state index is 4.36. The van der Waals surface area contributed by atoms with Crippen molar-refractivity contribution in [2.24, 2.45) is 17.8 Å². The summed E-state index contributed by atoms with van der Waals surface area (Å²) in [5.74, 6) is 3.48. The Bertz CT molecular complexity index is 385. The van der Waals surface area contributed by atoms with Crippen molar-refractivity contribution in [1.82, 2.24) is 20.1 Å². The Morgan fingerprint density at radius 3 is 3.18 bits per heavy atom. The Kier molecular flexibility index (Phi) is 2.90. The van der Waals surface area contributed by atoms with Crippen molar-refractivity contribution < 1.29 is 0 Å². The average Bonchev–Trinajstić information content (AvgIpc) is 2.90. The molecular weight excluding hydrogens is 212 g/mol. The molecule has 94 valence electrons. The van der Waals surface area contributed by atoms with Crippen LogP contribution in [0, 0.1) is 17.8 Å². The second-order valence-corrected chi connectivity index (χ2v) is 5.98.